The van der Waals surface area contributed by atoms with Crippen LogP contribution in [-0.4, -0.2) is 35.6 Å². The van der Waals surface area contributed by atoms with Gasteiger partial charge in [-0.15, -0.1) is 0 Å². The number of carbonyl (C=O) groups is 2. The largest absolute Gasteiger partial charge is 0.391 e. The molecule has 5 heteroatoms. The topological polar surface area (TPSA) is 78.4 Å². The lowest BCUT2D eigenvalue weighted by Crippen LogP contribution is -2.35. The van der Waals surface area contributed by atoms with Crippen LogP contribution in [0.5, 0.6) is 0 Å². The lowest BCUT2D eigenvalue weighted by atomic mass is 10.0. The maximum Gasteiger partial charge on any atom is 0.220 e. The maximum atomic E-state index is 11.6. The second-order valence-electron chi connectivity index (χ2n) is 5.99. The molecule has 1 saturated carbocycles. The predicted octanol–water partition coefficient (Wildman–Crippen LogP) is 1.35. The Kier molecular flexibility index (Phi) is 7.59. The van der Waals surface area contributed by atoms with Crippen molar-refractivity contribution < 1.29 is 14.7 Å². The zero-order chi connectivity index (χ0) is 15.0. The third-order valence-electron chi connectivity index (χ3n) is 3.71. The number of carbonyl (C=O) groups excluding carboxylic acids is 2. The van der Waals surface area contributed by atoms with Crippen molar-refractivity contribution in [2.45, 2.75) is 70.9 Å². The summed E-state index contributed by atoms with van der Waals surface area (Å²) in [5.74, 6) is 0.241. The molecule has 1 unspecified atom stereocenters. The number of hydrogen-bond donors (Lipinski definition) is 3. The average molecular weight is 284 g/mol. The monoisotopic (exact) mass is 284 g/mol. The summed E-state index contributed by atoms with van der Waals surface area (Å²) in [6.45, 7) is 4.16. The van der Waals surface area contributed by atoms with E-state index >= 15 is 0 Å². The SMILES string of the molecule is CC(C)NC(=O)CCCC(=O)NCC(O)C1CCCC1. The van der Waals surface area contributed by atoms with E-state index in [1.165, 1.54) is 12.8 Å². The molecule has 116 valence electrons. The molecule has 0 radical (unpaired) electrons. The van der Waals surface area contributed by atoms with Gasteiger partial charge in [0.05, 0.1) is 6.10 Å². The number of amides is 2. The van der Waals surface area contributed by atoms with Crippen LogP contribution in [0, 0.1) is 5.92 Å². The van der Waals surface area contributed by atoms with Crippen molar-refractivity contribution in [1.82, 2.24) is 10.6 Å². The van der Waals surface area contributed by atoms with Crippen molar-refractivity contribution in [1.29, 1.82) is 0 Å². The highest BCUT2D eigenvalue weighted by Gasteiger charge is 2.23. The van der Waals surface area contributed by atoms with Crippen molar-refractivity contribution in [3.05, 3.63) is 0 Å². The number of aliphatic hydroxyl groups is 1. The van der Waals surface area contributed by atoms with Crippen LogP contribution in [0.15, 0.2) is 0 Å². The fraction of sp³-hybridized carbons (Fsp3) is 0.867. The van der Waals surface area contributed by atoms with E-state index < -0.39 is 6.10 Å². The van der Waals surface area contributed by atoms with Crippen molar-refractivity contribution in [2.24, 2.45) is 5.92 Å². The Labute approximate surface area is 121 Å². The molecule has 0 bridgehead atoms. The van der Waals surface area contributed by atoms with Gasteiger partial charge < -0.3 is 15.7 Å². The second kappa shape index (κ2) is 8.95. The molecule has 3 N–H and O–H groups in total. The molecule has 0 aromatic carbocycles. The first kappa shape index (κ1) is 17.0. The molecule has 0 aromatic heterocycles. The molecule has 20 heavy (non-hydrogen) atoms. The molecule has 1 fully saturated rings. The van der Waals surface area contributed by atoms with E-state index in [2.05, 4.69) is 10.6 Å². The van der Waals surface area contributed by atoms with E-state index in [-0.39, 0.29) is 17.9 Å². The fourth-order valence-electron chi connectivity index (χ4n) is 2.62. The summed E-state index contributed by atoms with van der Waals surface area (Å²) in [4.78, 5) is 23.0. The van der Waals surface area contributed by atoms with Gasteiger partial charge in [0, 0.05) is 25.4 Å². The highest BCUT2D eigenvalue weighted by molar-refractivity contribution is 5.78. The Morgan fingerprint density at radius 2 is 1.75 bits per heavy atom. The molecule has 0 aliphatic heterocycles. The van der Waals surface area contributed by atoms with Crippen molar-refractivity contribution in [3.8, 4) is 0 Å². The molecule has 0 heterocycles. The molecule has 1 aliphatic rings. The van der Waals surface area contributed by atoms with E-state index in [9.17, 15) is 14.7 Å². The third kappa shape index (κ3) is 6.89. The highest BCUT2D eigenvalue weighted by atomic mass is 16.3. The number of hydrogen-bond acceptors (Lipinski definition) is 3. The summed E-state index contributed by atoms with van der Waals surface area (Å²) in [6, 6.07) is 0.137. The summed E-state index contributed by atoms with van der Waals surface area (Å²) in [6.07, 6.45) is 5.31. The van der Waals surface area contributed by atoms with Gasteiger partial charge in [0.2, 0.25) is 11.8 Å². The predicted molar refractivity (Wildman–Crippen MR) is 78.1 cm³/mol. The number of aliphatic hydroxyl groups excluding tert-OH is 1. The van der Waals surface area contributed by atoms with E-state index in [0.717, 1.165) is 12.8 Å². The van der Waals surface area contributed by atoms with E-state index in [0.29, 0.717) is 31.7 Å². The minimum absolute atomic E-state index is 0.0150. The smallest absolute Gasteiger partial charge is 0.220 e. The van der Waals surface area contributed by atoms with Crippen LogP contribution in [0.3, 0.4) is 0 Å². The van der Waals surface area contributed by atoms with Gasteiger partial charge in [0.1, 0.15) is 0 Å². The Hall–Kier alpha value is -1.10. The number of rotatable bonds is 8. The molecule has 0 aromatic rings. The summed E-state index contributed by atoms with van der Waals surface area (Å²) in [5, 5.41) is 15.5. The van der Waals surface area contributed by atoms with Gasteiger partial charge in [-0.25, -0.2) is 0 Å². The molecule has 1 atom stereocenters. The van der Waals surface area contributed by atoms with Crippen LogP contribution in [-0.2, 0) is 9.59 Å². The summed E-state index contributed by atoms with van der Waals surface area (Å²) >= 11 is 0. The van der Waals surface area contributed by atoms with Gasteiger partial charge in [0.15, 0.2) is 0 Å². The fourth-order valence-corrected chi connectivity index (χ4v) is 2.62. The average Bonchev–Trinajstić information content (AvgIpc) is 2.88. The summed E-state index contributed by atoms with van der Waals surface area (Å²) < 4.78 is 0. The Morgan fingerprint density at radius 1 is 1.15 bits per heavy atom. The van der Waals surface area contributed by atoms with E-state index in [4.69, 9.17) is 0 Å². The molecular weight excluding hydrogens is 256 g/mol. The van der Waals surface area contributed by atoms with Crippen LogP contribution in [0.25, 0.3) is 0 Å². The zero-order valence-corrected chi connectivity index (χ0v) is 12.7. The minimum Gasteiger partial charge on any atom is -0.391 e. The molecule has 0 spiro atoms. The van der Waals surface area contributed by atoms with E-state index in [1.54, 1.807) is 0 Å². The molecule has 1 rings (SSSR count). The van der Waals surface area contributed by atoms with Crippen molar-refractivity contribution >= 4 is 11.8 Å². The molecule has 0 saturated heterocycles. The minimum atomic E-state index is -0.425. The van der Waals surface area contributed by atoms with Gasteiger partial charge >= 0.3 is 0 Å². The van der Waals surface area contributed by atoms with E-state index in [1.807, 2.05) is 13.8 Å². The molecular formula is C15H28N2O3. The standard InChI is InChI=1S/C15H28N2O3/c1-11(2)17-15(20)9-5-8-14(19)16-10-13(18)12-6-3-4-7-12/h11-13,18H,3-10H2,1-2H3,(H,16,19)(H,17,20). The lowest BCUT2D eigenvalue weighted by molar-refractivity contribution is -0.123. The second-order valence-corrected chi connectivity index (χ2v) is 5.99. The Bertz CT molecular complexity index is 312. The first-order chi connectivity index (χ1) is 9.49. The molecule has 2 amide bonds. The van der Waals surface area contributed by atoms with Gasteiger partial charge in [-0.1, -0.05) is 12.8 Å². The maximum absolute atomic E-state index is 11.6. The van der Waals surface area contributed by atoms with Gasteiger partial charge in [-0.3, -0.25) is 9.59 Å². The third-order valence-corrected chi connectivity index (χ3v) is 3.71. The van der Waals surface area contributed by atoms with Crippen LogP contribution in [0.4, 0.5) is 0 Å². The summed E-state index contributed by atoms with van der Waals surface area (Å²) in [7, 11) is 0. The van der Waals surface area contributed by atoms with Crippen LogP contribution in [0.1, 0.15) is 58.8 Å². The van der Waals surface area contributed by atoms with Gasteiger partial charge in [0.25, 0.3) is 0 Å². The zero-order valence-electron chi connectivity index (χ0n) is 12.7. The first-order valence-corrected chi connectivity index (χ1v) is 7.73. The molecule has 1 aliphatic carbocycles. The lowest BCUT2D eigenvalue weighted by Gasteiger charge is -2.18. The normalized spacial score (nSPS) is 17.2. The number of nitrogens with one attached hydrogen (secondary N) is 2. The molecule has 5 nitrogen and oxygen atoms in total. The van der Waals surface area contributed by atoms with Gasteiger partial charge in [-0.05, 0) is 39.0 Å². The highest BCUT2D eigenvalue weighted by Crippen LogP contribution is 2.27. The van der Waals surface area contributed by atoms with Crippen molar-refractivity contribution in [3.63, 3.8) is 0 Å². The van der Waals surface area contributed by atoms with Crippen LogP contribution < -0.4 is 10.6 Å². The van der Waals surface area contributed by atoms with Crippen LogP contribution in [0.2, 0.25) is 0 Å². The Morgan fingerprint density at radius 3 is 2.35 bits per heavy atom. The summed E-state index contributed by atoms with van der Waals surface area (Å²) in [5.41, 5.74) is 0. The first-order valence-electron chi connectivity index (χ1n) is 7.73. The van der Waals surface area contributed by atoms with Gasteiger partial charge in [-0.2, -0.15) is 0 Å². The van der Waals surface area contributed by atoms with Crippen LogP contribution >= 0.6 is 0 Å². The van der Waals surface area contributed by atoms with Crippen molar-refractivity contribution in [2.75, 3.05) is 6.54 Å². The Balaban J connectivity index is 2.06. The quantitative estimate of drug-likeness (QED) is 0.629.